The lowest BCUT2D eigenvalue weighted by Gasteiger charge is -2.36. The quantitative estimate of drug-likeness (QED) is 0.915. The van der Waals surface area contributed by atoms with Gasteiger partial charge in [-0.25, -0.2) is 9.97 Å². The summed E-state index contributed by atoms with van der Waals surface area (Å²) < 4.78 is 1.04. The molecule has 1 fully saturated rings. The van der Waals surface area contributed by atoms with Gasteiger partial charge in [0.25, 0.3) is 0 Å². The van der Waals surface area contributed by atoms with Crippen LogP contribution in [0.5, 0.6) is 0 Å². The Morgan fingerprint density at radius 3 is 2.71 bits per heavy atom. The maximum atomic E-state index is 9.48. The maximum absolute atomic E-state index is 9.48. The van der Waals surface area contributed by atoms with Crippen LogP contribution in [0.4, 0.5) is 5.82 Å². The molecule has 2 heterocycles. The smallest absolute Gasteiger partial charge is 0.140 e. The molecule has 1 aromatic heterocycles. The standard InChI is InChI=1S/C15H19BrN4O/c1-11(21)9-19-4-6-20(7-5-19)15-13-8-12(16)2-3-14(13)17-10-18-15/h2-3,8,10-11,21H,4-7,9H2,1H3/t11-/m1/s1. The van der Waals surface area contributed by atoms with E-state index in [0.717, 1.165) is 53.9 Å². The van der Waals surface area contributed by atoms with Gasteiger partial charge in [-0.15, -0.1) is 0 Å². The fourth-order valence-electron chi connectivity index (χ4n) is 2.78. The maximum Gasteiger partial charge on any atom is 0.140 e. The van der Waals surface area contributed by atoms with Crippen molar-refractivity contribution in [1.82, 2.24) is 14.9 Å². The molecule has 1 aliphatic rings. The zero-order valence-corrected chi connectivity index (χ0v) is 13.6. The van der Waals surface area contributed by atoms with Gasteiger partial charge in [0.2, 0.25) is 0 Å². The summed E-state index contributed by atoms with van der Waals surface area (Å²) in [5.41, 5.74) is 0.967. The van der Waals surface area contributed by atoms with Crippen molar-refractivity contribution in [3.05, 3.63) is 29.0 Å². The molecule has 1 atom stereocenters. The van der Waals surface area contributed by atoms with Crippen LogP contribution in [0.3, 0.4) is 0 Å². The predicted molar refractivity (Wildman–Crippen MR) is 87.6 cm³/mol. The van der Waals surface area contributed by atoms with Crippen LogP contribution in [0.15, 0.2) is 29.0 Å². The molecule has 112 valence electrons. The van der Waals surface area contributed by atoms with Gasteiger partial charge in [-0.3, -0.25) is 4.90 Å². The van der Waals surface area contributed by atoms with Crippen molar-refractivity contribution in [3.63, 3.8) is 0 Å². The molecular formula is C15H19BrN4O. The van der Waals surface area contributed by atoms with Crippen molar-refractivity contribution in [2.75, 3.05) is 37.6 Å². The van der Waals surface area contributed by atoms with Gasteiger partial charge in [-0.05, 0) is 25.1 Å². The van der Waals surface area contributed by atoms with Gasteiger partial charge in [-0.2, -0.15) is 0 Å². The third-order valence-corrected chi connectivity index (χ3v) is 4.26. The van der Waals surface area contributed by atoms with Crippen molar-refractivity contribution in [2.24, 2.45) is 0 Å². The minimum absolute atomic E-state index is 0.271. The van der Waals surface area contributed by atoms with Gasteiger partial charge in [0.05, 0.1) is 11.6 Å². The first kappa shape index (κ1) is 14.7. The number of anilines is 1. The summed E-state index contributed by atoms with van der Waals surface area (Å²) >= 11 is 3.52. The van der Waals surface area contributed by atoms with E-state index in [1.54, 1.807) is 6.33 Å². The Balaban J connectivity index is 1.81. The van der Waals surface area contributed by atoms with Gasteiger partial charge in [0.15, 0.2) is 0 Å². The Labute approximate surface area is 132 Å². The van der Waals surface area contributed by atoms with Crippen LogP contribution in [-0.4, -0.2) is 58.8 Å². The first-order valence-corrected chi connectivity index (χ1v) is 7.98. The predicted octanol–water partition coefficient (Wildman–Crippen LogP) is 1.90. The number of hydrogen-bond acceptors (Lipinski definition) is 5. The van der Waals surface area contributed by atoms with E-state index in [9.17, 15) is 5.11 Å². The van der Waals surface area contributed by atoms with Crippen molar-refractivity contribution in [3.8, 4) is 0 Å². The lowest BCUT2D eigenvalue weighted by atomic mass is 10.2. The number of halogens is 1. The molecule has 3 rings (SSSR count). The Morgan fingerprint density at radius 1 is 1.24 bits per heavy atom. The van der Waals surface area contributed by atoms with Crippen molar-refractivity contribution in [2.45, 2.75) is 13.0 Å². The minimum Gasteiger partial charge on any atom is -0.392 e. The van der Waals surface area contributed by atoms with Crippen LogP contribution in [0.2, 0.25) is 0 Å². The summed E-state index contributed by atoms with van der Waals surface area (Å²) in [5, 5.41) is 10.6. The second-order valence-electron chi connectivity index (χ2n) is 5.50. The molecule has 0 saturated carbocycles. The molecule has 5 nitrogen and oxygen atoms in total. The highest BCUT2D eigenvalue weighted by molar-refractivity contribution is 9.10. The van der Waals surface area contributed by atoms with Crippen molar-refractivity contribution < 1.29 is 5.11 Å². The average Bonchev–Trinajstić information content (AvgIpc) is 2.47. The summed E-state index contributed by atoms with van der Waals surface area (Å²) in [4.78, 5) is 13.4. The molecular weight excluding hydrogens is 332 g/mol. The summed E-state index contributed by atoms with van der Waals surface area (Å²) in [5.74, 6) is 0.998. The Hall–Kier alpha value is -1.24. The first-order chi connectivity index (χ1) is 10.1. The highest BCUT2D eigenvalue weighted by Gasteiger charge is 2.20. The number of fused-ring (bicyclic) bond motifs is 1. The average molecular weight is 351 g/mol. The second-order valence-corrected chi connectivity index (χ2v) is 6.41. The molecule has 0 radical (unpaired) electrons. The van der Waals surface area contributed by atoms with E-state index in [4.69, 9.17) is 0 Å². The SMILES string of the molecule is C[C@@H](O)CN1CCN(c2ncnc3ccc(Br)cc23)CC1. The molecule has 0 aliphatic carbocycles. The lowest BCUT2D eigenvalue weighted by molar-refractivity contribution is 0.122. The molecule has 2 aromatic rings. The molecule has 0 spiro atoms. The normalized spacial score (nSPS) is 18.1. The van der Waals surface area contributed by atoms with E-state index < -0.39 is 0 Å². The number of rotatable bonds is 3. The van der Waals surface area contributed by atoms with Crippen LogP contribution in [0.25, 0.3) is 10.9 Å². The van der Waals surface area contributed by atoms with E-state index in [1.165, 1.54) is 0 Å². The van der Waals surface area contributed by atoms with Crippen LogP contribution < -0.4 is 4.90 Å². The zero-order valence-electron chi connectivity index (χ0n) is 12.0. The van der Waals surface area contributed by atoms with E-state index in [1.807, 2.05) is 19.1 Å². The first-order valence-electron chi connectivity index (χ1n) is 7.19. The van der Waals surface area contributed by atoms with Gasteiger partial charge < -0.3 is 10.0 Å². The van der Waals surface area contributed by atoms with E-state index >= 15 is 0 Å². The third kappa shape index (κ3) is 3.33. The number of benzene rings is 1. The fourth-order valence-corrected chi connectivity index (χ4v) is 3.14. The molecule has 0 amide bonds. The van der Waals surface area contributed by atoms with Crippen molar-refractivity contribution in [1.29, 1.82) is 0 Å². The van der Waals surface area contributed by atoms with Crippen molar-refractivity contribution >= 4 is 32.7 Å². The third-order valence-electron chi connectivity index (χ3n) is 3.77. The highest BCUT2D eigenvalue weighted by atomic mass is 79.9. The number of aliphatic hydroxyl groups excluding tert-OH is 1. The molecule has 21 heavy (non-hydrogen) atoms. The largest absolute Gasteiger partial charge is 0.392 e. The summed E-state index contributed by atoms with van der Waals surface area (Å²) in [6.45, 7) is 6.32. The van der Waals surface area contributed by atoms with E-state index in [-0.39, 0.29) is 6.10 Å². The highest BCUT2D eigenvalue weighted by Crippen LogP contribution is 2.26. The van der Waals surface area contributed by atoms with Gasteiger partial charge in [0.1, 0.15) is 12.1 Å². The topological polar surface area (TPSA) is 52.5 Å². The summed E-state index contributed by atoms with van der Waals surface area (Å²) in [6.07, 6.45) is 1.36. The Kier molecular flexibility index (Phi) is 4.37. The number of β-amino-alcohol motifs (C(OH)–C–C–N with tert-alkyl or cyclic N) is 1. The van der Waals surface area contributed by atoms with Gasteiger partial charge >= 0.3 is 0 Å². The molecule has 1 saturated heterocycles. The molecule has 1 N–H and O–H groups in total. The van der Waals surface area contributed by atoms with Gasteiger partial charge in [0, 0.05) is 42.6 Å². The number of nitrogens with zero attached hydrogens (tertiary/aromatic N) is 4. The van der Waals surface area contributed by atoms with Crippen LogP contribution in [-0.2, 0) is 0 Å². The number of piperazine rings is 1. The minimum atomic E-state index is -0.271. The van der Waals surface area contributed by atoms with Crippen LogP contribution >= 0.6 is 15.9 Å². The van der Waals surface area contributed by atoms with E-state index in [2.05, 4.69) is 41.8 Å². The molecule has 1 aliphatic heterocycles. The van der Waals surface area contributed by atoms with E-state index in [0.29, 0.717) is 0 Å². The summed E-state index contributed by atoms with van der Waals surface area (Å²) in [6, 6.07) is 6.08. The summed E-state index contributed by atoms with van der Waals surface area (Å²) in [7, 11) is 0. The zero-order chi connectivity index (χ0) is 14.8. The molecule has 0 bridgehead atoms. The van der Waals surface area contributed by atoms with Crippen LogP contribution in [0.1, 0.15) is 6.92 Å². The Bertz CT molecular complexity index is 626. The monoisotopic (exact) mass is 350 g/mol. The Morgan fingerprint density at radius 2 is 2.00 bits per heavy atom. The molecule has 0 unspecified atom stereocenters. The lowest BCUT2D eigenvalue weighted by Crippen LogP contribution is -2.48. The van der Waals surface area contributed by atoms with Gasteiger partial charge in [-0.1, -0.05) is 15.9 Å². The fraction of sp³-hybridized carbons (Fsp3) is 0.467. The van der Waals surface area contributed by atoms with Crippen LogP contribution in [0, 0.1) is 0 Å². The number of aromatic nitrogens is 2. The molecule has 6 heteroatoms. The number of hydrogen-bond donors (Lipinski definition) is 1. The molecule has 1 aromatic carbocycles. The number of aliphatic hydroxyl groups is 1. The second kappa shape index (κ2) is 6.25.